The van der Waals surface area contributed by atoms with Gasteiger partial charge in [-0.2, -0.15) is 5.48 Å². The molecule has 1 aromatic rings. The zero-order chi connectivity index (χ0) is 8.97. The van der Waals surface area contributed by atoms with Gasteiger partial charge in [-0.25, -0.2) is 0 Å². The molecule has 1 N–H and O–H groups in total. The Bertz CT molecular complexity index is 239. The number of hydrogen-bond donors (Lipinski definition) is 1. The highest BCUT2D eigenvalue weighted by Gasteiger charge is 2.06. The minimum absolute atomic E-state index is 0.265. The third-order valence-corrected chi connectivity index (χ3v) is 3.23. The second-order valence-electron chi connectivity index (χ2n) is 2.41. The molecule has 0 saturated heterocycles. The van der Waals surface area contributed by atoms with Gasteiger partial charge in [-0.1, -0.05) is 0 Å². The minimum Gasteiger partial charge on any atom is -0.301 e. The van der Waals surface area contributed by atoms with Gasteiger partial charge in [-0.15, -0.1) is 11.3 Å². The lowest BCUT2D eigenvalue weighted by Gasteiger charge is -2.10. The SMILES string of the molecule is CCONC(C)c1ccc(Br)s1. The summed E-state index contributed by atoms with van der Waals surface area (Å²) in [5.74, 6) is 0. The molecule has 1 aromatic heterocycles. The molecule has 0 radical (unpaired) electrons. The molecule has 0 aliphatic carbocycles. The van der Waals surface area contributed by atoms with Crippen LogP contribution in [0.1, 0.15) is 24.8 Å². The standard InChI is InChI=1S/C8H12BrNOS/c1-3-11-10-6(2)7-4-5-8(9)12-7/h4-6,10H,3H2,1-2H3. The van der Waals surface area contributed by atoms with E-state index in [0.717, 1.165) is 3.79 Å². The normalized spacial score (nSPS) is 13.2. The number of rotatable bonds is 4. The lowest BCUT2D eigenvalue weighted by Crippen LogP contribution is -2.17. The lowest BCUT2D eigenvalue weighted by atomic mass is 10.3. The van der Waals surface area contributed by atoms with Crippen molar-refractivity contribution in [2.45, 2.75) is 19.9 Å². The zero-order valence-corrected chi connectivity index (χ0v) is 9.54. The van der Waals surface area contributed by atoms with Gasteiger partial charge in [0.15, 0.2) is 0 Å². The molecular weight excluding hydrogens is 238 g/mol. The van der Waals surface area contributed by atoms with Gasteiger partial charge in [0.25, 0.3) is 0 Å². The second kappa shape index (κ2) is 4.97. The predicted octanol–water partition coefficient (Wildman–Crippen LogP) is 3.11. The van der Waals surface area contributed by atoms with Crippen molar-refractivity contribution in [1.29, 1.82) is 0 Å². The number of hydroxylamine groups is 1. The summed E-state index contributed by atoms with van der Waals surface area (Å²) in [6.45, 7) is 4.73. The monoisotopic (exact) mass is 249 g/mol. The molecule has 4 heteroatoms. The van der Waals surface area contributed by atoms with Crippen molar-refractivity contribution < 1.29 is 4.84 Å². The molecule has 0 aromatic carbocycles. The molecule has 1 unspecified atom stereocenters. The molecule has 0 bridgehead atoms. The maximum absolute atomic E-state index is 5.10. The van der Waals surface area contributed by atoms with E-state index in [1.165, 1.54) is 4.88 Å². The van der Waals surface area contributed by atoms with Crippen LogP contribution in [0.15, 0.2) is 15.9 Å². The highest BCUT2D eigenvalue weighted by Crippen LogP contribution is 2.26. The molecule has 68 valence electrons. The van der Waals surface area contributed by atoms with E-state index < -0.39 is 0 Å². The third-order valence-electron chi connectivity index (χ3n) is 1.43. The van der Waals surface area contributed by atoms with Gasteiger partial charge in [-0.3, -0.25) is 0 Å². The fraction of sp³-hybridized carbons (Fsp3) is 0.500. The van der Waals surface area contributed by atoms with Crippen LogP contribution in [-0.2, 0) is 4.84 Å². The summed E-state index contributed by atoms with van der Waals surface area (Å²) in [6, 6.07) is 4.40. The topological polar surface area (TPSA) is 21.3 Å². The van der Waals surface area contributed by atoms with Crippen molar-refractivity contribution >= 4 is 27.3 Å². The first-order valence-corrected chi connectivity index (χ1v) is 5.47. The number of thiophene rings is 1. The molecule has 0 aliphatic rings. The second-order valence-corrected chi connectivity index (χ2v) is 4.91. The van der Waals surface area contributed by atoms with E-state index in [2.05, 4.69) is 34.4 Å². The van der Waals surface area contributed by atoms with Crippen LogP contribution in [0.25, 0.3) is 0 Å². The van der Waals surface area contributed by atoms with Crippen LogP contribution in [0.2, 0.25) is 0 Å². The fourth-order valence-corrected chi connectivity index (χ4v) is 2.24. The maximum atomic E-state index is 5.10. The summed E-state index contributed by atoms with van der Waals surface area (Å²) >= 11 is 5.14. The van der Waals surface area contributed by atoms with Gasteiger partial charge < -0.3 is 4.84 Å². The van der Waals surface area contributed by atoms with Crippen LogP contribution < -0.4 is 5.48 Å². The third kappa shape index (κ3) is 2.86. The van der Waals surface area contributed by atoms with E-state index >= 15 is 0 Å². The van der Waals surface area contributed by atoms with Crippen molar-refractivity contribution in [1.82, 2.24) is 5.48 Å². The van der Waals surface area contributed by atoms with E-state index in [1.807, 2.05) is 13.0 Å². The highest BCUT2D eigenvalue weighted by atomic mass is 79.9. The minimum atomic E-state index is 0.265. The average Bonchev–Trinajstić information content (AvgIpc) is 2.47. The summed E-state index contributed by atoms with van der Waals surface area (Å²) in [4.78, 5) is 6.37. The molecular formula is C8H12BrNOS. The number of halogens is 1. The lowest BCUT2D eigenvalue weighted by molar-refractivity contribution is 0.0293. The van der Waals surface area contributed by atoms with E-state index in [4.69, 9.17) is 4.84 Å². The van der Waals surface area contributed by atoms with Crippen molar-refractivity contribution in [3.05, 3.63) is 20.8 Å². The van der Waals surface area contributed by atoms with Crippen LogP contribution in [0, 0.1) is 0 Å². The van der Waals surface area contributed by atoms with Gasteiger partial charge in [0.05, 0.1) is 16.4 Å². The van der Waals surface area contributed by atoms with Crippen molar-refractivity contribution in [2.75, 3.05) is 6.61 Å². The molecule has 0 spiro atoms. The Morgan fingerprint density at radius 1 is 1.67 bits per heavy atom. The van der Waals surface area contributed by atoms with Crippen molar-refractivity contribution in [2.24, 2.45) is 0 Å². The molecule has 1 atom stereocenters. The highest BCUT2D eigenvalue weighted by molar-refractivity contribution is 9.11. The van der Waals surface area contributed by atoms with Crippen LogP contribution in [0.3, 0.4) is 0 Å². The molecule has 0 fully saturated rings. The Kier molecular flexibility index (Phi) is 4.21. The van der Waals surface area contributed by atoms with E-state index in [0.29, 0.717) is 6.61 Å². The van der Waals surface area contributed by atoms with Crippen molar-refractivity contribution in [3.8, 4) is 0 Å². The van der Waals surface area contributed by atoms with Crippen LogP contribution >= 0.6 is 27.3 Å². The molecule has 1 heterocycles. The summed E-state index contributed by atoms with van der Waals surface area (Å²) < 4.78 is 1.16. The summed E-state index contributed by atoms with van der Waals surface area (Å²) in [5, 5.41) is 0. The van der Waals surface area contributed by atoms with Crippen LogP contribution in [0.5, 0.6) is 0 Å². The van der Waals surface area contributed by atoms with Gasteiger partial charge in [0.1, 0.15) is 0 Å². The largest absolute Gasteiger partial charge is 0.301 e. The molecule has 12 heavy (non-hydrogen) atoms. The summed E-state index contributed by atoms with van der Waals surface area (Å²) in [5.41, 5.74) is 2.95. The van der Waals surface area contributed by atoms with Gasteiger partial charge in [-0.05, 0) is 41.9 Å². The van der Waals surface area contributed by atoms with E-state index in [-0.39, 0.29) is 6.04 Å². The summed E-state index contributed by atoms with van der Waals surface area (Å²) in [7, 11) is 0. The van der Waals surface area contributed by atoms with Gasteiger partial charge >= 0.3 is 0 Å². The maximum Gasteiger partial charge on any atom is 0.0702 e. The Labute approximate surface area is 85.0 Å². The molecule has 0 aliphatic heterocycles. The summed E-state index contributed by atoms with van der Waals surface area (Å²) in [6.07, 6.45) is 0. The molecule has 0 saturated carbocycles. The number of hydrogen-bond acceptors (Lipinski definition) is 3. The van der Waals surface area contributed by atoms with Crippen LogP contribution in [-0.4, -0.2) is 6.61 Å². The average molecular weight is 250 g/mol. The van der Waals surface area contributed by atoms with E-state index in [1.54, 1.807) is 11.3 Å². The van der Waals surface area contributed by atoms with Gasteiger partial charge in [0, 0.05) is 4.88 Å². The predicted molar refractivity (Wildman–Crippen MR) is 55.2 cm³/mol. The van der Waals surface area contributed by atoms with Crippen LogP contribution in [0.4, 0.5) is 0 Å². The quantitative estimate of drug-likeness (QED) is 0.829. The smallest absolute Gasteiger partial charge is 0.0702 e. The van der Waals surface area contributed by atoms with Crippen molar-refractivity contribution in [3.63, 3.8) is 0 Å². The first kappa shape index (κ1) is 10.2. The Hall–Kier alpha value is 0.1000. The Morgan fingerprint density at radius 2 is 2.42 bits per heavy atom. The first-order valence-electron chi connectivity index (χ1n) is 3.86. The molecule has 1 rings (SSSR count). The Balaban J connectivity index is 2.47. The van der Waals surface area contributed by atoms with Gasteiger partial charge in [0.2, 0.25) is 0 Å². The van der Waals surface area contributed by atoms with E-state index in [9.17, 15) is 0 Å². The zero-order valence-electron chi connectivity index (χ0n) is 7.13. The first-order chi connectivity index (χ1) is 5.74. The Morgan fingerprint density at radius 3 is 2.92 bits per heavy atom. The number of nitrogens with one attached hydrogen (secondary N) is 1. The molecule has 0 amide bonds. The molecule has 2 nitrogen and oxygen atoms in total. The fourth-order valence-electron chi connectivity index (χ4n) is 0.827.